The highest BCUT2D eigenvalue weighted by Gasteiger charge is 2.36. The number of halogens is 1. The number of allylic oxidation sites excluding steroid dienone is 1. The quantitative estimate of drug-likeness (QED) is 0.446. The highest BCUT2D eigenvalue weighted by Crippen LogP contribution is 2.44. The topological polar surface area (TPSA) is 41.1 Å². The van der Waals surface area contributed by atoms with Crippen molar-refractivity contribution in [2.75, 3.05) is 10.6 Å². The van der Waals surface area contributed by atoms with Crippen molar-refractivity contribution in [1.82, 2.24) is 0 Å². The fraction of sp³-hybridized carbons (Fsp3) is 0.192. The molecular formula is C26H23BrN2O. The van der Waals surface area contributed by atoms with Crippen LogP contribution in [0.25, 0.3) is 0 Å². The molecule has 4 heteroatoms. The number of aryl methyl sites for hydroxylation is 1. The molecule has 3 nitrogen and oxygen atoms in total. The summed E-state index contributed by atoms with van der Waals surface area (Å²) in [6, 6.07) is 24.8. The van der Waals surface area contributed by atoms with Crippen molar-refractivity contribution in [3.63, 3.8) is 0 Å². The molecule has 5 rings (SSSR count). The summed E-state index contributed by atoms with van der Waals surface area (Å²) in [5.74, 6) is 0.400. The Hall–Kier alpha value is -2.85. The van der Waals surface area contributed by atoms with E-state index in [0.717, 1.165) is 39.1 Å². The minimum Gasteiger partial charge on any atom is -0.372 e. The van der Waals surface area contributed by atoms with Gasteiger partial charge in [-0.15, -0.1) is 0 Å². The molecule has 3 aromatic rings. The third-order valence-corrected chi connectivity index (χ3v) is 6.53. The van der Waals surface area contributed by atoms with Crippen LogP contribution < -0.4 is 10.6 Å². The van der Waals surface area contributed by atoms with Gasteiger partial charge in [-0.1, -0.05) is 70.0 Å². The van der Waals surface area contributed by atoms with E-state index in [-0.39, 0.29) is 17.7 Å². The molecule has 0 fully saturated rings. The maximum atomic E-state index is 13.5. The van der Waals surface area contributed by atoms with Crippen LogP contribution in [-0.4, -0.2) is 5.78 Å². The molecule has 0 bridgehead atoms. The average Bonchev–Trinajstić information content (AvgIpc) is 2.91. The van der Waals surface area contributed by atoms with Crippen LogP contribution in [-0.2, 0) is 4.79 Å². The zero-order chi connectivity index (χ0) is 20.7. The van der Waals surface area contributed by atoms with Gasteiger partial charge in [0.25, 0.3) is 0 Å². The number of nitrogens with one attached hydrogen (secondary N) is 2. The van der Waals surface area contributed by atoms with E-state index in [0.29, 0.717) is 6.42 Å². The molecule has 0 aromatic heterocycles. The van der Waals surface area contributed by atoms with Gasteiger partial charge in [0.15, 0.2) is 5.78 Å². The number of benzene rings is 3. The minimum absolute atomic E-state index is 0.180. The lowest BCUT2D eigenvalue weighted by atomic mass is 9.78. The molecule has 30 heavy (non-hydrogen) atoms. The van der Waals surface area contributed by atoms with E-state index in [4.69, 9.17) is 0 Å². The largest absolute Gasteiger partial charge is 0.372 e. The molecule has 2 aliphatic rings. The van der Waals surface area contributed by atoms with Crippen molar-refractivity contribution in [2.24, 2.45) is 0 Å². The maximum Gasteiger partial charge on any atom is 0.163 e. The Bertz CT molecular complexity index is 1150. The van der Waals surface area contributed by atoms with E-state index >= 15 is 0 Å². The van der Waals surface area contributed by atoms with Crippen LogP contribution in [0.1, 0.15) is 41.5 Å². The van der Waals surface area contributed by atoms with Gasteiger partial charge in [0.2, 0.25) is 0 Å². The first kappa shape index (κ1) is 19.1. The highest BCUT2D eigenvalue weighted by molar-refractivity contribution is 9.10. The SMILES string of the molecule is Cc1ccc(C2CC(=O)C3=C(C2)Nc2ccccc2NC3c2cccc(Br)c2)cc1. The summed E-state index contributed by atoms with van der Waals surface area (Å²) < 4.78 is 1.01. The molecule has 3 aromatic carbocycles. The lowest BCUT2D eigenvalue weighted by Gasteiger charge is -2.30. The summed E-state index contributed by atoms with van der Waals surface area (Å²) in [5, 5.41) is 7.23. The Labute approximate surface area is 185 Å². The average molecular weight is 459 g/mol. The van der Waals surface area contributed by atoms with E-state index in [9.17, 15) is 4.79 Å². The van der Waals surface area contributed by atoms with Crippen LogP contribution in [0.4, 0.5) is 11.4 Å². The smallest absolute Gasteiger partial charge is 0.163 e. The summed E-state index contributed by atoms with van der Waals surface area (Å²) in [6.45, 7) is 2.09. The van der Waals surface area contributed by atoms with Crippen LogP contribution in [0.5, 0.6) is 0 Å². The molecule has 0 amide bonds. The molecular weight excluding hydrogens is 436 g/mol. The lowest BCUT2D eigenvalue weighted by molar-refractivity contribution is -0.116. The number of hydrogen-bond acceptors (Lipinski definition) is 3. The van der Waals surface area contributed by atoms with E-state index in [1.807, 2.05) is 24.3 Å². The van der Waals surface area contributed by atoms with Crippen molar-refractivity contribution in [1.29, 1.82) is 0 Å². The molecule has 2 unspecified atom stereocenters. The Morgan fingerprint density at radius 1 is 0.867 bits per heavy atom. The van der Waals surface area contributed by atoms with Gasteiger partial charge in [0.05, 0.1) is 17.4 Å². The number of hydrogen-bond donors (Lipinski definition) is 2. The van der Waals surface area contributed by atoms with Crippen molar-refractivity contribution >= 4 is 33.1 Å². The van der Waals surface area contributed by atoms with E-state index < -0.39 is 0 Å². The predicted molar refractivity (Wildman–Crippen MR) is 126 cm³/mol. The Balaban J connectivity index is 1.61. The second-order valence-corrected chi connectivity index (χ2v) is 9.05. The zero-order valence-electron chi connectivity index (χ0n) is 16.8. The van der Waals surface area contributed by atoms with E-state index in [1.54, 1.807) is 0 Å². The molecule has 1 aliphatic heterocycles. The second kappa shape index (κ2) is 7.77. The number of carbonyl (C=O) groups excluding carboxylic acids is 1. The molecule has 0 saturated carbocycles. The van der Waals surface area contributed by atoms with Crippen molar-refractivity contribution in [3.05, 3.63) is 105 Å². The molecule has 0 spiro atoms. The highest BCUT2D eigenvalue weighted by atomic mass is 79.9. The number of para-hydroxylation sites is 2. The van der Waals surface area contributed by atoms with Crippen molar-refractivity contribution in [3.8, 4) is 0 Å². The Morgan fingerprint density at radius 2 is 1.63 bits per heavy atom. The van der Waals surface area contributed by atoms with Gasteiger partial charge in [-0.05, 0) is 54.7 Å². The van der Waals surface area contributed by atoms with Crippen LogP contribution in [0.3, 0.4) is 0 Å². The van der Waals surface area contributed by atoms with Crippen LogP contribution >= 0.6 is 15.9 Å². The van der Waals surface area contributed by atoms with Gasteiger partial charge in [-0.2, -0.15) is 0 Å². The van der Waals surface area contributed by atoms with Crippen LogP contribution in [0.15, 0.2) is 88.5 Å². The summed E-state index contributed by atoms with van der Waals surface area (Å²) in [7, 11) is 0. The summed E-state index contributed by atoms with van der Waals surface area (Å²) in [4.78, 5) is 13.5. The van der Waals surface area contributed by atoms with Crippen molar-refractivity contribution in [2.45, 2.75) is 31.7 Å². The fourth-order valence-corrected chi connectivity index (χ4v) is 4.92. The number of rotatable bonds is 2. The van der Waals surface area contributed by atoms with Gasteiger partial charge < -0.3 is 10.6 Å². The maximum absolute atomic E-state index is 13.5. The van der Waals surface area contributed by atoms with Crippen LogP contribution in [0, 0.1) is 6.92 Å². The number of Topliss-reactive ketones (excluding diaryl/α,β-unsaturated/α-hetero) is 1. The van der Waals surface area contributed by atoms with E-state index in [2.05, 4.69) is 82.0 Å². The number of ketones is 1. The Morgan fingerprint density at radius 3 is 2.40 bits per heavy atom. The fourth-order valence-electron chi connectivity index (χ4n) is 4.50. The monoisotopic (exact) mass is 458 g/mol. The summed E-state index contributed by atoms with van der Waals surface area (Å²) in [6.07, 6.45) is 1.36. The summed E-state index contributed by atoms with van der Waals surface area (Å²) in [5.41, 5.74) is 7.45. The predicted octanol–water partition coefficient (Wildman–Crippen LogP) is 6.74. The summed E-state index contributed by atoms with van der Waals surface area (Å²) >= 11 is 3.58. The zero-order valence-corrected chi connectivity index (χ0v) is 18.4. The van der Waals surface area contributed by atoms with E-state index in [1.165, 1.54) is 11.1 Å². The van der Waals surface area contributed by atoms with Crippen LogP contribution in [0.2, 0.25) is 0 Å². The van der Waals surface area contributed by atoms with Gasteiger partial charge in [0, 0.05) is 22.2 Å². The second-order valence-electron chi connectivity index (χ2n) is 8.13. The van der Waals surface area contributed by atoms with Gasteiger partial charge in [-0.3, -0.25) is 4.79 Å². The molecule has 0 saturated heterocycles. The third kappa shape index (κ3) is 3.56. The van der Waals surface area contributed by atoms with Crippen molar-refractivity contribution < 1.29 is 4.79 Å². The Kier molecular flexibility index (Phi) is 4.95. The first-order valence-corrected chi connectivity index (χ1v) is 11.1. The van der Waals surface area contributed by atoms with Gasteiger partial charge in [-0.25, -0.2) is 0 Å². The first-order chi connectivity index (χ1) is 14.6. The van der Waals surface area contributed by atoms with Gasteiger partial charge >= 0.3 is 0 Å². The molecule has 0 radical (unpaired) electrons. The molecule has 2 N–H and O–H groups in total. The lowest BCUT2D eigenvalue weighted by Crippen LogP contribution is -2.26. The standard InChI is InChI=1S/C26H23BrN2O/c1-16-9-11-17(12-10-16)19-14-23-25(24(30)15-19)26(18-5-4-6-20(27)13-18)29-22-8-3-2-7-21(22)28-23/h2-13,19,26,28-29H,14-15H2,1H3. The molecule has 1 aliphatic carbocycles. The number of anilines is 2. The molecule has 2 atom stereocenters. The minimum atomic E-state index is -0.180. The number of fused-ring (bicyclic) bond motifs is 1. The molecule has 1 heterocycles. The third-order valence-electron chi connectivity index (χ3n) is 6.04. The normalized spacial score (nSPS) is 20.5. The molecule has 150 valence electrons. The number of carbonyl (C=O) groups is 1. The van der Waals surface area contributed by atoms with Gasteiger partial charge in [0.1, 0.15) is 0 Å². The first-order valence-electron chi connectivity index (χ1n) is 10.3.